The second-order valence-corrected chi connectivity index (χ2v) is 4.28. The zero-order valence-electron chi connectivity index (χ0n) is 9.71. The van der Waals surface area contributed by atoms with E-state index in [1.54, 1.807) is 5.57 Å². The molecule has 0 spiro atoms. The van der Waals surface area contributed by atoms with Gasteiger partial charge >= 0.3 is 0 Å². The van der Waals surface area contributed by atoms with Gasteiger partial charge in [-0.05, 0) is 44.2 Å². The Labute approximate surface area is 98.4 Å². The SMILES string of the molecule is C(#Cc1ccccc1)CCCC1=CCCC1. The molecule has 0 unspecified atom stereocenters. The van der Waals surface area contributed by atoms with Crippen LogP contribution in [0.15, 0.2) is 42.0 Å². The maximum Gasteiger partial charge on any atom is 0.0245 e. The normalized spacial score (nSPS) is 14.1. The van der Waals surface area contributed by atoms with Crippen molar-refractivity contribution in [1.29, 1.82) is 0 Å². The molecule has 16 heavy (non-hydrogen) atoms. The van der Waals surface area contributed by atoms with Crippen LogP contribution in [0.4, 0.5) is 0 Å². The third kappa shape index (κ3) is 3.59. The summed E-state index contributed by atoms with van der Waals surface area (Å²) in [5.74, 6) is 6.45. The van der Waals surface area contributed by atoms with Crippen LogP contribution in [0, 0.1) is 11.8 Å². The largest absolute Gasteiger partial charge is 0.0979 e. The van der Waals surface area contributed by atoms with Crippen molar-refractivity contribution in [1.82, 2.24) is 0 Å². The molecule has 1 aromatic rings. The van der Waals surface area contributed by atoms with Gasteiger partial charge in [0.05, 0.1) is 0 Å². The predicted molar refractivity (Wildman–Crippen MR) is 69.1 cm³/mol. The lowest BCUT2D eigenvalue weighted by Gasteiger charge is -1.97. The molecule has 0 atom stereocenters. The van der Waals surface area contributed by atoms with Gasteiger partial charge in [0.2, 0.25) is 0 Å². The second kappa shape index (κ2) is 6.18. The van der Waals surface area contributed by atoms with Crippen LogP contribution in [-0.2, 0) is 0 Å². The number of unbranched alkanes of at least 4 members (excludes halogenated alkanes) is 1. The van der Waals surface area contributed by atoms with E-state index >= 15 is 0 Å². The van der Waals surface area contributed by atoms with E-state index in [9.17, 15) is 0 Å². The maximum atomic E-state index is 3.25. The van der Waals surface area contributed by atoms with E-state index in [0.29, 0.717) is 0 Å². The molecule has 0 aliphatic heterocycles. The Morgan fingerprint density at radius 3 is 2.75 bits per heavy atom. The van der Waals surface area contributed by atoms with E-state index in [1.165, 1.54) is 32.1 Å². The molecule has 0 nitrogen and oxygen atoms in total. The van der Waals surface area contributed by atoms with Crippen LogP contribution in [0.1, 0.15) is 44.1 Å². The van der Waals surface area contributed by atoms with E-state index in [-0.39, 0.29) is 0 Å². The number of hydrogen-bond acceptors (Lipinski definition) is 0. The summed E-state index contributed by atoms with van der Waals surface area (Å²) < 4.78 is 0. The summed E-state index contributed by atoms with van der Waals surface area (Å²) in [6, 6.07) is 10.2. The Morgan fingerprint density at radius 2 is 2.00 bits per heavy atom. The molecule has 0 saturated carbocycles. The highest BCUT2D eigenvalue weighted by atomic mass is 14.1. The van der Waals surface area contributed by atoms with E-state index in [2.05, 4.69) is 30.0 Å². The minimum Gasteiger partial charge on any atom is -0.0979 e. The summed E-state index contributed by atoms with van der Waals surface area (Å²) in [5.41, 5.74) is 2.78. The fourth-order valence-corrected chi connectivity index (χ4v) is 2.05. The molecular weight excluding hydrogens is 192 g/mol. The fourth-order valence-electron chi connectivity index (χ4n) is 2.05. The molecule has 0 aromatic heterocycles. The topological polar surface area (TPSA) is 0 Å². The van der Waals surface area contributed by atoms with E-state index in [4.69, 9.17) is 0 Å². The molecule has 1 aliphatic carbocycles. The Morgan fingerprint density at radius 1 is 1.12 bits per heavy atom. The van der Waals surface area contributed by atoms with Crippen LogP contribution < -0.4 is 0 Å². The lowest BCUT2D eigenvalue weighted by atomic mass is 10.1. The molecule has 0 heteroatoms. The summed E-state index contributed by atoms with van der Waals surface area (Å²) in [5, 5.41) is 0. The van der Waals surface area contributed by atoms with Gasteiger partial charge in [0.25, 0.3) is 0 Å². The minimum atomic E-state index is 1.02. The number of hydrogen-bond donors (Lipinski definition) is 0. The highest BCUT2D eigenvalue weighted by molar-refractivity contribution is 5.33. The molecule has 82 valence electrons. The van der Waals surface area contributed by atoms with Crippen LogP contribution in [0.3, 0.4) is 0 Å². The van der Waals surface area contributed by atoms with E-state index in [1.807, 2.05) is 18.2 Å². The molecule has 2 rings (SSSR count). The van der Waals surface area contributed by atoms with Crippen molar-refractivity contribution in [3.8, 4) is 11.8 Å². The van der Waals surface area contributed by atoms with Crippen LogP contribution in [0.2, 0.25) is 0 Å². The number of rotatable bonds is 3. The monoisotopic (exact) mass is 210 g/mol. The van der Waals surface area contributed by atoms with Gasteiger partial charge in [-0.15, -0.1) is 0 Å². The molecule has 0 fully saturated rings. The first-order valence-electron chi connectivity index (χ1n) is 6.17. The van der Waals surface area contributed by atoms with Crippen molar-refractivity contribution < 1.29 is 0 Å². The summed E-state index contributed by atoms with van der Waals surface area (Å²) in [4.78, 5) is 0. The molecule has 1 aliphatic rings. The fraction of sp³-hybridized carbons (Fsp3) is 0.375. The lowest BCUT2D eigenvalue weighted by Crippen LogP contribution is -1.79. The molecule has 0 heterocycles. The van der Waals surface area contributed by atoms with Gasteiger partial charge in [0, 0.05) is 12.0 Å². The summed E-state index contributed by atoms with van der Waals surface area (Å²) in [6.45, 7) is 0. The highest BCUT2D eigenvalue weighted by Gasteiger charge is 2.02. The average molecular weight is 210 g/mol. The van der Waals surface area contributed by atoms with E-state index < -0.39 is 0 Å². The molecule has 1 aromatic carbocycles. The van der Waals surface area contributed by atoms with Crippen LogP contribution in [0.25, 0.3) is 0 Å². The first kappa shape index (κ1) is 11.0. The van der Waals surface area contributed by atoms with E-state index in [0.717, 1.165) is 12.0 Å². The first-order valence-corrected chi connectivity index (χ1v) is 6.17. The van der Waals surface area contributed by atoms with Gasteiger partial charge in [-0.25, -0.2) is 0 Å². The third-order valence-electron chi connectivity index (χ3n) is 2.94. The van der Waals surface area contributed by atoms with Gasteiger partial charge < -0.3 is 0 Å². The van der Waals surface area contributed by atoms with Crippen molar-refractivity contribution in [3.63, 3.8) is 0 Å². The highest BCUT2D eigenvalue weighted by Crippen LogP contribution is 2.22. The van der Waals surface area contributed by atoms with Crippen molar-refractivity contribution in [2.75, 3.05) is 0 Å². The Kier molecular flexibility index (Phi) is 4.26. The average Bonchev–Trinajstić information content (AvgIpc) is 2.83. The Bertz CT molecular complexity index is 401. The van der Waals surface area contributed by atoms with Gasteiger partial charge in [0.15, 0.2) is 0 Å². The predicted octanol–water partition coefficient (Wildman–Crippen LogP) is 4.32. The third-order valence-corrected chi connectivity index (χ3v) is 2.94. The summed E-state index contributed by atoms with van der Waals surface area (Å²) >= 11 is 0. The second-order valence-electron chi connectivity index (χ2n) is 4.28. The molecule has 0 bridgehead atoms. The van der Waals surface area contributed by atoms with Crippen molar-refractivity contribution in [3.05, 3.63) is 47.5 Å². The molecule has 0 N–H and O–H groups in total. The summed E-state index contributed by atoms with van der Waals surface area (Å²) in [6.07, 6.45) is 9.88. The smallest absolute Gasteiger partial charge is 0.0245 e. The van der Waals surface area contributed by atoms with Crippen LogP contribution in [0.5, 0.6) is 0 Å². The van der Waals surface area contributed by atoms with Crippen LogP contribution in [-0.4, -0.2) is 0 Å². The molecule has 0 saturated heterocycles. The zero-order chi connectivity index (χ0) is 11.1. The van der Waals surface area contributed by atoms with Gasteiger partial charge in [-0.3, -0.25) is 0 Å². The number of benzene rings is 1. The van der Waals surface area contributed by atoms with Gasteiger partial charge in [-0.1, -0.05) is 41.7 Å². The minimum absolute atomic E-state index is 1.02. The first-order chi connectivity index (χ1) is 7.95. The quantitative estimate of drug-likeness (QED) is 0.396. The lowest BCUT2D eigenvalue weighted by molar-refractivity contribution is 0.799. The van der Waals surface area contributed by atoms with Crippen molar-refractivity contribution in [2.45, 2.75) is 38.5 Å². The van der Waals surface area contributed by atoms with Crippen molar-refractivity contribution in [2.24, 2.45) is 0 Å². The zero-order valence-corrected chi connectivity index (χ0v) is 9.71. The standard InChI is InChI=1S/C16H18/c1-3-9-15(10-4-1)11-5-2-6-12-16-13-7-8-14-16/h1,3-4,9-10,13H,2,6-8,12,14H2. The summed E-state index contributed by atoms with van der Waals surface area (Å²) in [7, 11) is 0. The number of allylic oxidation sites excluding steroid dienone is 2. The molecular formula is C16H18. The van der Waals surface area contributed by atoms with Crippen molar-refractivity contribution >= 4 is 0 Å². The van der Waals surface area contributed by atoms with Crippen LogP contribution >= 0.6 is 0 Å². The Balaban J connectivity index is 1.70. The molecule has 0 radical (unpaired) electrons. The van der Waals surface area contributed by atoms with Gasteiger partial charge in [0.1, 0.15) is 0 Å². The van der Waals surface area contributed by atoms with Gasteiger partial charge in [-0.2, -0.15) is 0 Å². The Hall–Kier alpha value is -1.48. The maximum absolute atomic E-state index is 3.25. The molecule has 0 amide bonds.